The summed E-state index contributed by atoms with van der Waals surface area (Å²) in [5.74, 6) is 0. The predicted molar refractivity (Wildman–Crippen MR) is 29.1 cm³/mol. The highest BCUT2D eigenvalue weighted by Gasteiger charge is 2.04. The van der Waals surface area contributed by atoms with E-state index >= 15 is 0 Å². The molecular weight excluding hydrogens is 108 g/mol. The van der Waals surface area contributed by atoms with Crippen LogP contribution in [0, 0.1) is 0 Å². The molecule has 0 bridgehead atoms. The molecule has 0 unspecified atom stereocenters. The average Bonchev–Trinajstić information content (AvgIpc) is 1.65. The van der Waals surface area contributed by atoms with Crippen LogP contribution in [0.15, 0.2) is 0 Å². The Morgan fingerprint density at radius 3 is 1.88 bits per heavy atom. The molecule has 0 aromatic heterocycles. The lowest BCUT2D eigenvalue weighted by atomic mass is 10.2. The molecule has 50 valence electrons. The van der Waals surface area contributed by atoms with E-state index in [1.54, 1.807) is 6.92 Å². The van der Waals surface area contributed by atoms with Crippen molar-refractivity contribution in [3.8, 4) is 0 Å². The highest BCUT2D eigenvalue weighted by atomic mass is 16.5. The van der Waals surface area contributed by atoms with Gasteiger partial charge in [-0.15, -0.1) is 0 Å². The predicted octanol–water partition coefficient (Wildman–Crippen LogP) is -0.542. The van der Waals surface area contributed by atoms with Gasteiger partial charge in [0.2, 0.25) is 0 Å². The summed E-state index contributed by atoms with van der Waals surface area (Å²) in [6, 6.07) is 0. The van der Waals surface area contributed by atoms with Crippen molar-refractivity contribution >= 4 is 0 Å². The lowest BCUT2D eigenvalue weighted by Gasteiger charge is -2.07. The fourth-order valence-electron chi connectivity index (χ4n) is 0.410. The molecule has 8 heavy (non-hydrogen) atoms. The Balaban J connectivity index is 3.10. The molecule has 0 aromatic rings. The maximum absolute atomic E-state index is 8.71. The number of hydrogen-bond donors (Lipinski definition) is 3. The molecule has 1 atom stereocenters. The van der Waals surface area contributed by atoms with Crippen LogP contribution < -0.4 is 0 Å². The average molecular weight is 120 g/mol. The Bertz CT molecular complexity index is 53.6. The smallest absolute Gasteiger partial charge is 0.153 e. The number of hydrogen-bond acceptors (Lipinski definition) is 3. The first-order chi connectivity index (χ1) is 3.66. The van der Waals surface area contributed by atoms with Gasteiger partial charge in [-0.2, -0.15) is 0 Å². The Kier molecular flexibility index (Phi) is 3.77. The van der Waals surface area contributed by atoms with Crippen LogP contribution >= 0.6 is 0 Å². The summed E-state index contributed by atoms with van der Waals surface area (Å²) in [5, 5.41) is 25.2. The highest BCUT2D eigenvalue weighted by molar-refractivity contribution is 4.51. The van der Waals surface area contributed by atoms with Crippen molar-refractivity contribution in [1.29, 1.82) is 0 Å². The molecule has 3 heteroatoms. The van der Waals surface area contributed by atoms with E-state index in [4.69, 9.17) is 15.3 Å². The van der Waals surface area contributed by atoms with E-state index in [9.17, 15) is 0 Å². The monoisotopic (exact) mass is 120 g/mol. The molecule has 0 aliphatic heterocycles. The summed E-state index contributed by atoms with van der Waals surface area (Å²) < 4.78 is 0. The van der Waals surface area contributed by atoms with E-state index in [1.165, 1.54) is 0 Å². The second-order valence-corrected chi connectivity index (χ2v) is 1.78. The third kappa shape index (κ3) is 4.05. The molecule has 0 aromatic carbocycles. The number of rotatable bonds is 3. The van der Waals surface area contributed by atoms with Crippen molar-refractivity contribution in [2.24, 2.45) is 0 Å². The third-order valence-corrected chi connectivity index (χ3v) is 0.954. The summed E-state index contributed by atoms with van der Waals surface area (Å²) in [6.45, 7) is 1.78. The molecule has 0 saturated heterocycles. The van der Waals surface area contributed by atoms with E-state index in [0.717, 1.165) is 0 Å². The maximum atomic E-state index is 8.71. The minimum atomic E-state index is -1.37. The second kappa shape index (κ2) is 3.83. The number of aliphatic hydroxyl groups is 3. The summed E-state index contributed by atoms with van der Waals surface area (Å²) in [7, 11) is 0. The number of aliphatic hydroxyl groups excluding tert-OH is 2. The van der Waals surface area contributed by atoms with Crippen molar-refractivity contribution in [1.82, 2.24) is 0 Å². The highest BCUT2D eigenvalue weighted by Crippen LogP contribution is 1.97. The van der Waals surface area contributed by atoms with Gasteiger partial charge in [0.05, 0.1) is 6.10 Å². The van der Waals surface area contributed by atoms with E-state index in [0.29, 0.717) is 6.42 Å². The van der Waals surface area contributed by atoms with Crippen molar-refractivity contribution in [3.63, 3.8) is 0 Å². The van der Waals surface area contributed by atoms with Gasteiger partial charge in [-0.1, -0.05) is 6.92 Å². The van der Waals surface area contributed by atoms with Crippen molar-refractivity contribution in [2.45, 2.75) is 32.2 Å². The zero-order valence-corrected chi connectivity index (χ0v) is 4.91. The summed E-state index contributed by atoms with van der Waals surface area (Å²) in [6.07, 6.45) is -1.33. The normalized spacial score (nSPS) is 14.6. The van der Waals surface area contributed by atoms with Gasteiger partial charge < -0.3 is 15.3 Å². The van der Waals surface area contributed by atoms with Gasteiger partial charge in [0.15, 0.2) is 6.29 Å². The molecule has 3 nitrogen and oxygen atoms in total. The lowest BCUT2D eigenvalue weighted by molar-refractivity contribution is -0.0699. The van der Waals surface area contributed by atoms with E-state index in [2.05, 4.69) is 0 Å². The maximum Gasteiger partial charge on any atom is 0.153 e. The molecule has 0 saturated carbocycles. The van der Waals surface area contributed by atoms with Crippen LogP contribution in [-0.2, 0) is 0 Å². The van der Waals surface area contributed by atoms with Crippen molar-refractivity contribution in [3.05, 3.63) is 0 Å². The lowest BCUT2D eigenvalue weighted by Crippen LogP contribution is -2.15. The van der Waals surface area contributed by atoms with Gasteiger partial charge in [-0.3, -0.25) is 0 Å². The van der Waals surface area contributed by atoms with Crippen LogP contribution in [0.5, 0.6) is 0 Å². The topological polar surface area (TPSA) is 60.7 Å². The fraction of sp³-hybridized carbons (Fsp3) is 1.00. The van der Waals surface area contributed by atoms with Gasteiger partial charge >= 0.3 is 0 Å². The molecule has 0 amide bonds. The molecule has 0 heterocycles. The Morgan fingerprint density at radius 2 is 1.75 bits per heavy atom. The Hall–Kier alpha value is -0.120. The molecule has 0 fully saturated rings. The van der Waals surface area contributed by atoms with Crippen molar-refractivity contribution in [2.75, 3.05) is 0 Å². The van der Waals surface area contributed by atoms with Gasteiger partial charge in [-0.05, 0) is 6.42 Å². The Morgan fingerprint density at radius 1 is 1.25 bits per heavy atom. The van der Waals surface area contributed by atoms with E-state index in [1.807, 2.05) is 0 Å². The van der Waals surface area contributed by atoms with Crippen LogP contribution in [0.1, 0.15) is 19.8 Å². The van der Waals surface area contributed by atoms with Gasteiger partial charge in [0.25, 0.3) is 0 Å². The van der Waals surface area contributed by atoms with Crippen molar-refractivity contribution < 1.29 is 15.3 Å². The van der Waals surface area contributed by atoms with E-state index < -0.39 is 12.4 Å². The summed E-state index contributed by atoms with van der Waals surface area (Å²) in [5.41, 5.74) is 0. The van der Waals surface area contributed by atoms with Crippen LogP contribution in [0.2, 0.25) is 0 Å². The molecule has 0 aliphatic rings. The zero-order valence-electron chi connectivity index (χ0n) is 4.91. The standard InChI is InChI=1S/C5H12O3/c1-2-4(6)3-5(7)8/h4-8H,2-3H2,1H3/t4-/m0/s1. The quantitative estimate of drug-likeness (QED) is 0.438. The molecule has 0 rings (SSSR count). The van der Waals surface area contributed by atoms with Crippen LogP contribution in [0.4, 0.5) is 0 Å². The van der Waals surface area contributed by atoms with Gasteiger partial charge in [-0.25, -0.2) is 0 Å². The van der Waals surface area contributed by atoms with Crippen LogP contribution in [-0.4, -0.2) is 27.7 Å². The molecule has 0 spiro atoms. The van der Waals surface area contributed by atoms with Gasteiger partial charge in [0.1, 0.15) is 0 Å². The largest absolute Gasteiger partial charge is 0.393 e. The minimum absolute atomic E-state index is 0.0521. The fourth-order valence-corrected chi connectivity index (χ4v) is 0.410. The van der Waals surface area contributed by atoms with E-state index in [-0.39, 0.29) is 6.42 Å². The zero-order chi connectivity index (χ0) is 6.57. The molecular formula is C5H12O3. The first-order valence-corrected chi connectivity index (χ1v) is 2.71. The first-order valence-electron chi connectivity index (χ1n) is 2.71. The van der Waals surface area contributed by atoms with Crippen LogP contribution in [0.25, 0.3) is 0 Å². The minimum Gasteiger partial charge on any atom is -0.393 e. The molecule has 3 N–H and O–H groups in total. The molecule has 0 radical (unpaired) electrons. The van der Waals surface area contributed by atoms with Gasteiger partial charge in [0, 0.05) is 6.42 Å². The Labute approximate surface area is 48.6 Å². The third-order valence-electron chi connectivity index (χ3n) is 0.954. The molecule has 0 aliphatic carbocycles. The first kappa shape index (κ1) is 7.88. The second-order valence-electron chi connectivity index (χ2n) is 1.78. The summed E-state index contributed by atoms with van der Waals surface area (Å²) in [4.78, 5) is 0. The SMILES string of the molecule is CC[C@H](O)CC(O)O. The summed E-state index contributed by atoms with van der Waals surface area (Å²) >= 11 is 0. The van der Waals surface area contributed by atoms with Crippen LogP contribution in [0.3, 0.4) is 0 Å².